The Hall–Kier alpha value is -1.64. The Balaban J connectivity index is 2.51. The second-order valence-electron chi connectivity index (χ2n) is 2.37. The highest BCUT2D eigenvalue weighted by Crippen LogP contribution is 2.19. The van der Waals surface area contributed by atoms with E-state index in [1.807, 2.05) is 24.3 Å². The van der Waals surface area contributed by atoms with Crippen LogP contribution in [0.3, 0.4) is 0 Å². The molecular formula is C8H8N2O. The Labute approximate surface area is 64.3 Å². The van der Waals surface area contributed by atoms with Crippen LogP contribution < -0.4 is 10.9 Å². The van der Waals surface area contributed by atoms with Crippen molar-refractivity contribution in [1.82, 2.24) is 5.43 Å². The van der Waals surface area contributed by atoms with Gasteiger partial charge in [-0.25, -0.2) is 0 Å². The van der Waals surface area contributed by atoms with Gasteiger partial charge in [0, 0.05) is 11.6 Å². The van der Waals surface area contributed by atoms with E-state index in [2.05, 4.69) is 10.9 Å². The van der Waals surface area contributed by atoms with E-state index in [4.69, 9.17) is 5.11 Å². The van der Waals surface area contributed by atoms with Crippen molar-refractivity contribution in [2.45, 2.75) is 0 Å². The molecule has 3 nitrogen and oxygen atoms in total. The standard InChI is InChI=1S/C8H8N2O/c11-8-5-6-3-1-2-4-7(6)9-10-8/h1-5,9-11H. The molecule has 2 rings (SSSR count). The number of rotatable bonds is 0. The van der Waals surface area contributed by atoms with Crippen LogP contribution >= 0.6 is 0 Å². The molecule has 3 N–H and O–H groups in total. The molecule has 1 aromatic rings. The molecule has 0 aromatic heterocycles. The van der Waals surface area contributed by atoms with E-state index in [-0.39, 0.29) is 5.88 Å². The zero-order valence-electron chi connectivity index (χ0n) is 5.83. The lowest BCUT2D eigenvalue weighted by Gasteiger charge is -2.16. The number of hydrazine groups is 1. The fourth-order valence-electron chi connectivity index (χ4n) is 1.05. The lowest BCUT2D eigenvalue weighted by molar-refractivity contribution is 0.379. The van der Waals surface area contributed by atoms with Gasteiger partial charge in [-0.2, -0.15) is 0 Å². The monoisotopic (exact) mass is 148 g/mol. The first-order valence-electron chi connectivity index (χ1n) is 3.38. The van der Waals surface area contributed by atoms with E-state index in [1.54, 1.807) is 6.08 Å². The van der Waals surface area contributed by atoms with Crippen LogP contribution in [0.1, 0.15) is 5.56 Å². The van der Waals surface area contributed by atoms with Crippen LogP contribution in [0.4, 0.5) is 5.69 Å². The van der Waals surface area contributed by atoms with Gasteiger partial charge in [0.15, 0.2) is 0 Å². The fourth-order valence-corrected chi connectivity index (χ4v) is 1.05. The summed E-state index contributed by atoms with van der Waals surface area (Å²) in [5.41, 5.74) is 7.42. The highest BCUT2D eigenvalue weighted by molar-refractivity contribution is 5.69. The van der Waals surface area contributed by atoms with Gasteiger partial charge in [-0.1, -0.05) is 18.2 Å². The molecule has 0 bridgehead atoms. The van der Waals surface area contributed by atoms with Crippen molar-refractivity contribution < 1.29 is 5.11 Å². The second-order valence-corrected chi connectivity index (χ2v) is 2.37. The third kappa shape index (κ3) is 1.00. The number of hydrogen-bond acceptors (Lipinski definition) is 3. The number of para-hydroxylation sites is 1. The van der Waals surface area contributed by atoms with Crippen molar-refractivity contribution in [2.24, 2.45) is 0 Å². The molecule has 0 saturated heterocycles. The van der Waals surface area contributed by atoms with Crippen LogP contribution in [0.5, 0.6) is 0 Å². The number of aliphatic hydroxyl groups excluding tert-OH is 1. The zero-order valence-corrected chi connectivity index (χ0v) is 5.83. The van der Waals surface area contributed by atoms with E-state index in [0.717, 1.165) is 11.3 Å². The molecular weight excluding hydrogens is 140 g/mol. The molecule has 0 spiro atoms. The van der Waals surface area contributed by atoms with Gasteiger partial charge >= 0.3 is 0 Å². The molecule has 0 fully saturated rings. The molecule has 0 radical (unpaired) electrons. The summed E-state index contributed by atoms with van der Waals surface area (Å²) >= 11 is 0. The van der Waals surface area contributed by atoms with E-state index in [0.29, 0.717) is 0 Å². The molecule has 1 aliphatic heterocycles. The molecule has 0 saturated carbocycles. The maximum atomic E-state index is 9.04. The van der Waals surface area contributed by atoms with E-state index in [1.165, 1.54) is 0 Å². The minimum atomic E-state index is 0.142. The Morgan fingerprint density at radius 2 is 1.91 bits per heavy atom. The molecule has 1 aromatic carbocycles. The largest absolute Gasteiger partial charge is 0.494 e. The number of benzene rings is 1. The van der Waals surface area contributed by atoms with Gasteiger partial charge in [0.05, 0.1) is 5.69 Å². The summed E-state index contributed by atoms with van der Waals surface area (Å²) in [6.45, 7) is 0. The van der Waals surface area contributed by atoms with Crippen LogP contribution in [0, 0.1) is 0 Å². The molecule has 56 valence electrons. The maximum absolute atomic E-state index is 9.04. The summed E-state index contributed by atoms with van der Waals surface area (Å²) < 4.78 is 0. The van der Waals surface area contributed by atoms with Gasteiger partial charge in [0.2, 0.25) is 5.88 Å². The quantitative estimate of drug-likeness (QED) is 0.522. The summed E-state index contributed by atoms with van der Waals surface area (Å²) in [7, 11) is 0. The van der Waals surface area contributed by atoms with Gasteiger partial charge < -0.3 is 5.11 Å². The molecule has 11 heavy (non-hydrogen) atoms. The van der Waals surface area contributed by atoms with Crippen LogP contribution in [0.25, 0.3) is 6.08 Å². The van der Waals surface area contributed by atoms with Gasteiger partial charge in [0.25, 0.3) is 0 Å². The molecule has 0 atom stereocenters. The van der Waals surface area contributed by atoms with E-state index in [9.17, 15) is 0 Å². The molecule has 0 aliphatic carbocycles. The highest BCUT2D eigenvalue weighted by Gasteiger charge is 2.04. The molecule has 1 heterocycles. The zero-order chi connectivity index (χ0) is 7.68. The third-order valence-corrected chi connectivity index (χ3v) is 1.58. The topological polar surface area (TPSA) is 44.3 Å². The Morgan fingerprint density at radius 1 is 1.09 bits per heavy atom. The Bertz CT molecular complexity index is 307. The van der Waals surface area contributed by atoms with Gasteiger partial charge in [0.1, 0.15) is 0 Å². The smallest absolute Gasteiger partial charge is 0.203 e. The average molecular weight is 148 g/mol. The predicted octanol–water partition coefficient (Wildman–Crippen LogP) is 1.47. The summed E-state index contributed by atoms with van der Waals surface area (Å²) in [5.74, 6) is 0.142. The van der Waals surface area contributed by atoms with Gasteiger partial charge in [-0.3, -0.25) is 10.9 Å². The van der Waals surface area contributed by atoms with E-state index < -0.39 is 0 Å². The van der Waals surface area contributed by atoms with Crippen molar-refractivity contribution in [1.29, 1.82) is 0 Å². The first-order valence-corrected chi connectivity index (χ1v) is 3.38. The fraction of sp³-hybridized carbons (Fsp3) is 0. The van der Waals surface area contributed by atoms with E-state index >= 15 is 0 Å². The maximum Gasteiger partial charge on any atom is 0.203 e. The first-order chi connectivity index (χ1) is 5.36. The normalized spacial score (nSPS) is 14.0. The summed E-state index contributed by atoms with van der Waals surface area (Å²) in [6, 6.07) is 7.73. The van der Waals surface area contributed by atoms with Gasteiger partial charge in [-0.05, 0) is 6.07 Å². The lowest BCUT2D eigenvalue weighted by Crippen LogP contribution is -2.23. The van der Waals surface area contributed by atoms with Crippen molar-refractivity contribution in [3.63, 3.8) is 0 Å². The Kier molecular flexibility index (Phi) is 1.22. The predicted molar refractivity (Wildman–Crippen MR) is 43.8 cm³/mol. The van der Waals surface area contributed by atoms with Crippen molar-refractivity contribution in [3.05, 3.63) is 35.7 Å². The molecule has 1 aliphatic rings. The Morgan fingerprint density at radius 3 is 2.82 bits per heavy atom. The summed E-state index contributed by atoms with van der Waals surface area (Å²) in [6.07, 6.45) is 1.67. The third-order valence-electron chi connectivity index (χ3n) is 1.58. The number of aliphatic hydroxyl groups is 1. The minimum absolute atomic E-state index is 0.142. The first kappa shape index (κ1) is 6.09. The number of fused-ring (bicyclic) bond motifs is 1. The van der Waals surface area contributed by atoms with Crippen molar-refractivity contribution in [3.8, 4) is 0 Å². The number of nitrogens with one attached hydrogen (secondary N) is 2. The van der Waals surface area contributed by atoms with Crippen LogP contribution in [0.2, 0.25) is 0 Å². The minimum Gasteiger partial charge on any atom is -0.494 e. The molecule has 3 heteroatoms. The van der Waals surface area contributed by atoms with Crippen molar-refractivity contribution in [2.75, 3.05) is 5.43 Å². The average Bonchev–Trinajstić information content (AvgIpc) is 2.04. The highest BCUT2D eigenvalue weighted by atomic mass is 16.3. The van der Waals surface area contributed by atoms with Crippen LogP contribution in [-0.4, -0.2) is 5.11 Å². The number of anilines is 1. The number of hydrogen-bond donors (Lipinski definition) is 3. The molecule has 0 amide bonds. The second kappa shape index (κ2) is 2.20. The van der Waals surface area contributed by atoms with Crippen LogP contribution in [0.15, 0.2) is 30.1 Å². The SMILES string of the molecule is OC1=Cc2ccccc2NN1. The molecule has 0 unspecified atom stereocenters. The van der Waals surface area contributed by atoms with Crippen LogP contribution in [-0.2, 0) is 0 Å². The summed E-state index contributed by atoms with van der Waals surface area (Å²) in [5, 5.41) is 9.04. The summed E-state index contributed by atoms with van der Waals surface area (Å²) in [4.78, 5) is 0. The van der Waals surface area contributed by atoms with Crippen molar-refractivity contribution >= 4 is 11.8 Å². The van der Waals surface area contributed by atoms with Gasteiger partial charge in [-0.15, -0.1) is 0 Å². The lowest BCUT2D eigenvalue weighted by atomic mass is 10.1.